The minimum Gasteiger partial charge on any atom is -0.399 e. The predicted octanol–water partition coefficient (Wildman–Crippen LogP) is 19.5. The van der Waals surface area contributed by atoms with Gasteiger partial charge in [-0.3, -0.25) is 72.6 Å². The Kier molecular flexibility index (Phi) is 21.9. The van der Waals surface area contributed by atoms with Gasteiger partial charge in [-0.25, -0.2) is 29.9 Å². The third-order valence-corrected chi connectivity index (χ3v) is 26.8. The zero-order valence-corrected chi connectivity index (χ0v) is 68.5. The highest BCUT2D eigenvalue weighted by Gasteiger charge is 2.41. The first-order valence-electron chi connectivity index (χ1n) is 36.3. The van der Waals surface area contributed by atoms with Crippen molar-refractivity contribution in [1.29, 1.82) is 0 Å². The summed E-state index contributed by atoms with van der Waals surface area (Å²) in [7, 11) is 0. The molecule has 2 N–H and O–H groups in total. The summed E-state index contributed by atoms with van der Waals surface area (Å²) in [4.78, 5) is 189. The van der Waals surface area contributed by atoms with Crippen LogP contribution in [-0.4, -0.2) is 109 Å². The summed E-state index contributed by atoms with van der Waals surface area (Å²) in [5.41, 5.74) is 16.6. The van der Waals surface area contributed by atoms with E-state index in [-0.39, 0.29) is 46.0 Å². The van der Waals surface area contributed by atoms with E-state index < -0.39 is 74.3 Å². The average molecular weight is 1650 g/mol. The van der Waals surface area contributed by atoms with Crippen LogP contribution in [0.15, 0.2) is 158 Å². The van der Waals surface area contributed by atoms with E-state index in [1.165, 1.54) is 86.4 Å². The molecule has 0 amide bonds. The first-order valence-corrected chi connectivity index (χ1v) is 41.2. The molecule has 0 fully saturated rings. The fraction of sp³-hybridized carbons (Fsp3) is 0.184. The van der Waals surface area contributed by atoms with E-state index in [1.54, 1.807) is 66.7 Å². The first kappa shape index (κ1) is 80.1. The Hall–Kier alpha value is -12.5. The van der Waals surface area contributed by atoms with E-state index in [0.717, 1.165) is 58.4 Å². The lowest BCUT2D eigenvalue weighted by Crippen LogP contribution is -2.21. The maximum atomic E-state index is 12.2. The second-order valence-electron chi connectivity index (χ2n) is 29.3. The lowest BCUT2D eigenvalue weighted by molar-refractivity contribution is -0.384. The number of fused-ring (bicyclic) bond motifs is 18. The van der Waals surface area contributed by atoms with E-state index >= 15 is 0 Å². The monoisotopic (exact) mass is 1650 g/mol. The molecule has 6 aliphatic carbocycles. The van der Waals surface area contributed by atoms with Crippen molar-refractivity contribution >= 4 is 149 Å². The van der Waals surface area contributed by atoms with Gasteiger partial charge < -0.3 is 5.73 Å². The summed E-state index contributed by atoms with van der Waals surface area (Å²) < 4.78 is 0. The highest BCUT2D eigenvalue weighted by Crippen LogP contribution is 2.46. The van der Waals surface area contributed by atoms with Crippen LogP contribution in [0.3, 0.4) is 0 Å². The molecule has 0 bridgehead atoms. The lowest BCUT2D eigenvalue weighted by atomic mass is 9.91. The Morgan fingerprint density at radius 2 is 0.638 bits per heavy atom. The second-order valence-corrected chi connectivity index (χ2v) is 35.4. The number of nitrogens with zero attached hydrogens (tertiary/aromatic N) is 8. The number of thiazole rings is 6. The third-order valence-electron chi connectivity index (χ3n) is 18.8. The number of ketones is 12. The van der Waals surface area contributed by atoms with Crippen molar-refractivity contribution in [1.82, 2.24) is 34.9 Å². The number of carbonyl (C=O) groups is 12. The number of nitro benzene ring substituents is 1. The number of hydrogen-bond acceptors (Lipinski definition) is 28. The molecular weight excluding hydrogens is 1590 g/mol. The molecule has 0 saturated heterocycles. The van der Waals surface area contributed by atoms with Crippen LogP contribution < -0.4 is 5.73 Å². The maximum absolute atomic E-state index is 12.2. The van der Waals surface area contributed by atoms with E-state index in [0.29, 0.717) is 108 Å². The molecule has 13 aromatic rings. The van der Waals surface area contributed by atoms with Crippen LogP contribution in [-0.2, 0) is 5.41 Å². The standard InChI is InChI=1S/C17H9NO2S.C15H13NO2S.C14H10N2O4S.C14H12N2O2S.C14H11NO2S.C13H10N2O2S/c19-14-12-9-5-4-8-11(12)13-16(15(14)20)21-17(18-13)10-6-2-1-3-7-10;1-15(2,3)14-16-10-8-6-4-5-7-9(8)11(17)12(18)13(10)19-14;1-6(2)14-15-10-8-4-3-7(16(19)20)5-9(8)11(17)12(18)13(10)21-14;1-6(2)14-16-10-8-4-3-7(15)5-9(8)11(17)12(18)13(10)19-14;1-7(2)14-15-10-8-5-3-4-6-9(8)11(16)12(17)13(10)18-14;1-6(2)13-15-9-7-4-3-5-14-8(7)10(16)11(17)12(9)18-13/h1-9H;4-7H,1-3H3;3-6H,1-2H3;3-6H,15H2,1-2H3;3-7H,1-2H3;3-6H,1-2H3. The van der Waals surface area contributed by atoms with Crippen molar-refractivity contribution in [2.45, 2.75) is 105 Å². The van der Waals surface area contributed by atoms with E-state index in [1.807, 2.05) is 122 Å². The van der Waals surface area contributed by atoms with E-state index in [2.05, 4.69) is 55.7 Å². The summed E-state index contributed by atoms with van der Waals surface area (Å²) in [6.07, 6.45) is 1.52. The number of nitrogen functional groups attached to an aromatic ring is 1. The SMILES string of the molecule is CC(C)(C)c1nc2c(s1)C(=O)C(=O)c1ccccc1-2.CC(C)c1nc2c(s1)C(=O)C(=O)c1cc(N)ccc1-2.CC(C)c1nc2c(s1)C(=O)C(=O)c1cc([N+](=O)[O-])ccc1-2.CC(C)c1nc2c(s1)C(=O)C(=O)c1ccccc1-2.CC(C)c1nc2c(s1)C(=O)C(=O)c1ncccc1-2.O=C1C(=O)c2sc(-c3ccccc3)nc2-c2ccccc21. The Morgan fingerprint density at radius 1 is 0.319 bits per heavy atom. The number of nitrogens with two attached hydrogens (primary N) is 1. The molecule has 0 saturated carbocycles. The Balaban J connectivity index is 0.000000115. The summed E-state index contributed by atoms with van der Waals surface area (Å²) >= 11 is 7.79. The van der Waals surface area contributed by atoms with Gasteiger partial charge in [0, 0.05) is 120 Å². The van der Waals surface area contributed by atoms with Gasteiger partial charge in [0.1, 0.15) is 40.0 Å². The number of anilines is 1. The van der Waals surface area contributed by atoms with Crippen molar-refractivity contribution in [3.63, 3.8) is 0 Å². The molecule has 0 aliphatic heterocycles. The Bertz CT molecular complexity index is 6320. The Morgan fingerprint density at radius 3 is 1.04 bits per heavy atom. The van der Waals surface area contributed by atoms with Crippen molar-refractivity contribution in [2.75, 3.05) is 5.73 Å². The number of rotatable bonds is 6. The molecule has 6 aliphatic rings. The minimum absolute atomic E-state index is 0.0577. The number of Topliss-reactive ketones (excluding diaryl/α,β-unsaturated/α-hetero) is 12. The van der Waals surface area contributed by atoms with Gasteiger partial charge in [0.15, 0.2) is 0 Å². The van der Waals surface area contributed by atoms with Gasteiger partial charge in [0.05, 0.1) is 64.1 Å². The molecule has 116 heavy (non-hydrogen) atoms. The molecule has 23 nitrogen and oxygen atoms in total. The minimum atomic E-state index is -0.708. The number of benzene rings is 6. The third kappa shape index (κ3) is 14.8. The highest BCUT2D eigenvalue weighted by molar-refractivity contribution is 7.19. The molecule has 0 radical (unpaired) electrons. The quantitative estimate of drug-likeness (QED) is 0.0699. The predicted molar refractivity (Wildman–Crippen MR) is 447 cm³/mol. The molecule has 0 unspecified atom stereocenters. The topological polar surface area (TPSA) is 364 Å². The number of hydrogen-bond donors (Lipinski definition) is 1. The molecule has 7 aromatic heterocycles. The highest BCUT2D eigenvalue weighted by atomic mass is 32.1. The van der Waals surface area contributed by atoms with Crippen LogP contribution in [0, 0.1) is 10.1 Å². The molecule has 578 valence electrons. The van der Waals surface area contributed by atoms with Crippen LogP contribution in [0.2, 0.25) is 0 Å². The number of non-ortho nitro benzene ring substituents is 1. The number of carbonyl (C=O) groups excluding carboxylic acids is 12. The smallest absolute Gasteiger partial charge is 0.270 e. The van der Waals surface area contributed by atoms with Crippen LogP contribution in [0.1, 0.15) is 245 Å². The van der Waals surface area contributed by atoms with Crippen LogP contribution in [0.4, 0.5) is 11.4 Å². The Labute approximate surface area is 686 Å². The molecule has 19 rings (SSSR count). The molecular formula is C87H65N9O14S6. The van der Waals surface area contributed by atoms with Crippen LogP contribution in [0.5, 0.6) is 0 Å². The zero-order valence-electron chi connectivity index (χ0n) is 63.6. The fourth-order valence-electron chi connectivity index (χ4n) is 12.8. The molecule has 0 spiro atoms. The summed E-state index contributed by atoms with van der Waals surface area (Å²) in [6.45, 7) is 22.2. The van der Waals surface area contributed by atoms with Crippen LogP contribution >= 0.6 is 68.0 Å². The summed E-state index contributed by atoms with van der Waals surface area (Å²) in [5, 5.41) is 15.9. The van der Waals surface area contributed by atoms with Crippen molar-refractivity contribution in [2.24, 2.45) is 0 Å². The van der Waals surface area contributed by atoms with Crippen molar-refractivity contribution in [3.8, 4) is 78.1 Å². The zero-order chi connectivity index (χ0) is 82.9. The number of pyridine rings is 1. The van der Waals surface area contributed by atoms with Gasteiger partial charge in [-0.2, -0.15) is 0 Å². The van der Waals surface area contributed by atoms with Gasteiger partial charge in [-0.1, -0.05) is 179 Å². The largest absolute Gasteiger partial charge is 0.399 e. The van der Waals surface area contributed by atoms with Gasteiger partial charge in [-0.15, -0.1) is 68.0 Å². The molecule has 6 aromatic carbocycles. The number of nitro groups is 1. The normalized spacial score (nSPS) is 13.6. The van der Waals surface area contributed by atoms with Crippen LogP contribution in [0.25, 0.3) is 78.1 Å². The number of aromatic nitrogens is 7. The summed E-state index contributed by atoms with van der Waals surface area (Å²) in [5.74, 6) is -5.05. The van der Waals surface area contributed by atoms with Gasteiger partial charge in [-0.05, 0) is 36.4 Å². The molecule has 29 heteroatoms. The van der Waals surface area contributed by atoms with E-state index in [4.69, 9.17) is 5.73 Å². The lowest BCUT2D eigenvalue weighted by Gasteiger charge is -2.13. The van der Waals surface area contributed by atoms with Crippen molar-refractivity contribution in [3.05, 3.63) is 256 Å². The van der Waals surface area contributed by atoms with Gasteiger partial charge in [0.2, 0.25) is 63.6 Å². The summed E-state index contributed by atoms with van der Waals surface area (Å²) in [6, 6.07) is 43.7. The average Bonchev–Trinajstić information content (AvgIpc) is 1.97. The fourth-order valence-corrected chi connectivity index (χ4v) is 19.0. The second kappa shape index (κ2) is 31.7. The van der Waals surface area contributed by atoms with Crippen molar-refractivity contribution < 1.29 is 62.5 Å². The maximum Gasteiger partial charge on any atom is 0.270 e. The first-order chi connectivity index (χ1) is 55.2. The molecule has 7 heterocycles. The molecule has 0 atom stereocenters. The van der Waals surface area contributed by atoms with Gasteiger partial charge >= 0.3 is 0 Å². The van der Waals surface area contributed by atoms with Gasteiger partial charge in [0.25, 0.3) is 11.5 Å². The van der Waals surface area contributed by atoms with E-state index in [9.17, 15) is 67.6 Å².